The lowest BCUT2D eigenvalue weighted by Crippen LogP contribution is -2.45. The monoisotopic (exact) mass is 521 g/mol. The van der Waals surface area contributed by atoms with Crippen molar-refractivity contribution in [2.45, 2.75) is 38.5 Å². The van der Waals surface area contributed by atoms with Crippen LogP contribution in [-0.4, -0.2) is 48.2 Å². The average Bonchev–Trinajstić information content (AvgIpc) is 3.52. The van der Waals surface area contributed by atoms with Crippen LogP contribution in [0, 0.1) is 6.92 Å². The number of ether oxygens (including phenoxy) is 2. The first-order valence-corrected chi connectivity index (χ1v) is 12.3. The number of carboxylic acid groups (broad SMARTS) is 1. The van der Waals surface area contributed by atoms with Gasteiger partial charge in [0.25, 0.3) is 0 Å². The van der Waals surface area contributed by atoms with Crippen molar-refractivity contribution in [1.29, 1.82) is 0 Å². The van der Waals surface area contributed by atoms with Crippen LogP contribution in [0.1, 0.15) is 24.1 Å². The molecule has 192 valence electrons. The van der Waals surface area contributed by atoms with E-state index in [0.29, 0.717) is 12.8 Å². The molecule has 1 fully saturated rings. The van der Waals surface area contributed by atoms with Gasteiger partial charge in [-0.15, -0.1) is 11.3 Å². The minimum Gasteiger partial charge on any atom is -0.475 e. The third-order valence-electron chi connectivity index (χ3n) is 5.81. The molecule has 0 bridgehead atoms. The van der Waals surface area contributed by atoms with Crippen LogP contribution < -0.4 is 19.7 Å². The summed E-state index contributed by atoms with van der Waals surface area (Å²) in [6.45, 7) is 5.41. The Bertz CT molecular complexity index is 1180. The Morgan fingerprint density at radius 2 is 1.92 bits per heavy atom. The molecule has 2 aliphatic heterocycles. The van der Waals surface area contributed by atoms with Gasteiger partial charge in [0.15, 0.2) is 11.5 Å². The van der Waals surface area contributed by atoms with Crippen molar-refractivity contribution in [3.8, 4) is 22.1 Å². The molecule has 7 nitrogen and oxygen atoms in total. The quantitative estimate of drug-likeness (QED) is 0.475. The highest BCUT2D eigenvalue weighted by molar-refractivity contribution is 7.13. The highest BCUT2D eigenvalue weighted by Crippen LogP contribution is 2.36. The third-order valence-corrected chi connectivity index (χ3v) is 6.75. The van der Waals surface area contributed by atoms with Crippen LogP contribution in [-0.2, 0) is 11.3 Å². The maximum Gasteiger partial charge on any atom is 0.490 e. The number of hydrogen-bond acceptors (Lipinski definition) is 7. The number of nitrogens with one attached hydrogen (secondary N) is 1. The number of piperidine rings is 1. The molecular formula is C25H26F3N3O4S. The largest absolute Gasteiger partial charge is 0.490 e. The standard InChI is InChI=1S/C23H25N3O2S.C2HF3O2/c1-16-4-7-20(8-5-16)26-10-2-3-18(13-26)24-12-19-14-29-23(25-19)17-6-9-21-22(11-17)28-15-27-21;3-2(4,5)1(6)7/h4-9,11,14,18,24H,2-3,10,12-13,15H2,1H3;(H,6,7). The smallest absolute Gasteiger partial charge is 0.475 e. The molecule has 1 saturated heterocycles. The average molecular weight is 522 g/mol. The maximum atomic E-state index is 10.6. The fourth-order valence-electron chi connectivity index (χ4n) is 3.93. The molecule has 0 aliphatic carbocycles. The number of nitrogens with zero attached hydrogens (tertiary/aromatic N) is 2. The zero-order valence-electron chi connectivity index (χ0n) is 19.5. The fraction of sp³-hybridized carbons (Fsp3) is 0.360. The van der Waals surface area contributed by atoms with E-state index in [2.05, 4.69) is 46.8 Å². The van der Waals surface area contributed by atoms with Crippen molar-refractivity contribution in [3.63, 3.8) is 0 Å². The lowest BCUT2D eigenvalue weighted by molar-refractivity contribution is -0.192. The van der Waals surface area contributed by atoms with Gasteiger partial charge in [0, 0.05) is 42.3 Å². The zero-order chi connectivity index (χ0) is 25.7. The number of alkyl halides is 3. The molecule has 36 heavy (non-hydrogen) atoms. The number of aromatic nitrogens is 1. The molecule has 2 aliphatic rings. The van der Waals surface area contributed by atoms with E-state index in [1.165, 1.54) is 24.1 Å². The first-order valence-electron chi connectivity index (χ1n) is 11.4. The molecule has 0 saturated carbocycles. The van der Waals surface area contributed by atoms with Gasteiger partial charge in [-0.25, -0.2) is 9.78 Å². The lowest BCUT2D eigenvalue weighted by Gasteiger charge is -2.35. The summed E-state index contributed by atoms with van der Waals surface area (Å²) >= 11 is 1.68. The number of hydrogen-bond donors (Lipinski definition) is 2. The van der Waals surface area contributed by atoms with Gasteiger partial charge in [0.2, 0.25) is 6.79 Å². The second-order valence-corrected chi connectivity index (χ2v) is 9.37. The molecule has 1 unspecified atom stereocenters. The molecule has 0 radical (unpaired) electrons. The number of aryl methyl sites for hydroxylation is 1. The first-order chi connectivity index (χ1) is 17.2. The molecule has 1 atom stereocenters. The van der Waals surface area contributed by atoms with E-state index in [9.17, 15) is 13.2 Å². The van der Waals surface area contributed by atoms with Crippen molar-refractivity contribution in [1.82, 2.24) is 10.3 Å². The summed E-state index contributed by atoms with van der Waals surface area (Å²) < 4.78 is 42.6. The van der Waals surface area contributed by atoms with E-state index in [4.69, 9.17) is 24.4 Å². The van der Waals surface area contributed by atoms with Gasteiger partial charge >= 0.3 is 12.1 Å². The Kier molecular flexibility index (Phi) is 8.00. The summed E-state index contributed by atoms with van der Waals surface area (Å²) in [5, 5.41) is 14.0. The van der Waals surface area contributed by atoms with Crippen LogP contribution in [0.2, 0.25) is 0 Å². The lowest BCUT2D eigenvalue weighted by atomic mass is 10.0. The molecule has 5 rings (SSSR count). The Balaban J connectivity index is 0.000000384. The molecule has 11 heteroatoms. The number of carboxylic acids is 1. The van der Waals surface area contributed by atoms with E-state index in [1.807, 2.05) is 18.2 Å². The predicted octanol–water partition coefficient (Wildman–Crippen LogP) is 5.24. The Hall–Kier alpha value is -3.31. The summed E-state index contributed by atoms with van der Waals surface area (Å²) in [5.41, 5.74) is 4.80. The number of halogens is 3. The number of fused-ring (bicyclic) bond motifs is 1. The number of carbonyl (C=O) groups is 1. The second kappa shape index (κ2) is 11.2. The number of thiazole rings is 1. The second-order valence-electron chi connectivity index (χ2n) is 8.52. The van der Waals surface area contributed by atoms with E-state index >= 15 is 0 Å². The molecule has 0 spiro atoms. The molecule has 2 N–H and O–H groups in total. The minimum atomic E-state index is -5.08. The Morgan fingerprint density at radius 3 is 2.64 bits per heavy atom. The van der Waals surface area contributed by atoms with Gasteiger partial charge < -0.3 is 24.8 Å². The summed E-state index contributed by atoms with van der Waals surface area (Å²) in [4.78, 5) is 16.2. The van der Waals surface area contributed by atoms with Crippen molar-refractivity contribution in [2.24, 2.45) is 0 Å². The molecular weight excluding hydrogens is 495 g/mol. The van der Waals surface area contributed by atoms with Gasteiger partial charge in [-0.05, 0) is 50.1 Å². The van der Waals surface area contributed by atoms with Gasteiger partial charge in [-0.3, -0.25) is 0 Å². The zero-order valence-corrected chi connectivity index (χ0v) is 20.4. The van der Waals surface area contributed by atoms with Crippen LogP contribution in [0.4, 0.5) is 18.9 Å². The van der Waals surface area contributed by atoms with Gasteiger partial charge in [0.05, 0.1) is 5.69 Å². The maximum absolute atomic E-state index is 10.6. The van der Waals surface area contributed by atoms with Crippen LogP contribution in [0.3, 0.4) is 0 Å². The van der Waals surface area contributed by atoms with E-state index in [0.717, 1.165) is 47.4 Å². The molecule has 2 aromatic carbocycles. The SMILES string of the molecule is Cc1ccc(N2CCCC(NCc3csc(-c4ccc5c(c4)OCO5)n3)C2)cc1.O=C(O)C(F)(F)F. The number of benzene rings is 2. The summed E-state index contributed by atoms with van der Waals surface area (Å²) in [6, 6.07) is 15.4. The van der Waals surface area contributed by atoms with Crippen molar-refractivity contribution >= 4 is 23.0 Å². The summed E-state index contributed by atoms with van der Waals surface area (Å²) in [5.74, 6) is -1.15. The Morgan fingerprint density at radius 1 is 1.19 bits per heavy atom. The van der Waals surface area contributed by atoms with Gasteiger partial charge in [0.1, 0.15) is 5.01 Å². The third kappa shape index (κ3) is 6.67. The van der Waals surface area contributed by atoms with Crippen LogP contribution >= 0.6 is 11.3 Å². The van der Waals surface area contributed by atoms with Gasteiger partial charge in [-0.1, -0.05) is 17.7 Å². The van der Waals surface area contributed by atoms with Crippen LogP contribution in [0.25, 0.3) is 10.6 Å². The summed E-state index contributed by atoms with van der Waals surface area (Å²) in [6.07, 6.45) is -2.66. The highest BCUT2D eigenvalue weighted by atomic mass is 32.1. The van der Waals surface area contributed by atoms with Crippen molar-refractivity contribution < 1.29 is 32.5 Å². The van der Waals surface area contributed by atoms with Crippen LogP contribution in [0.5, 0.6) is 11.5 Å². The topological polar surface area (TPSA) is 83.9 Å². The number of anilines is 1. The van der Waals surface area contributed by atoms with Gasteiger partial charge in [-0.2, -0.15) is 13.2 Å². The van der Waals surface area contributed by atoms with E-state index in [-0.39, 0.29) is 0 Å². The van der Waals surface area contributed by atoms with Crippen molar-refractivity contribution in [3.05, 3.63) is 59.1 Å². The molecule has 0 amide bonds. The number of rotatable bonds is 5. The summed E-state index contributed by atoms with van der Waals surface area (Å²) in [7, 11) is 0. The van der Waals surface area contributed by atoms with Crippen LogP contribution in [0.15, 0.2) is 47.8 Å². The fourth-order valence-corrected chi connectivity index (χ4v) is 4.75. The number of aliphatic carboxylic acids is 1. The Labute approximate surface area is 210 Å². The van der Waals surface area contributed by atoms with E-state index < -0.39 is 12.1 Å². The normalized spacial score (nSPS) is 16.9. The molecule has 1 aromatic heterocycles. The van der Waals surface area contributed by atoms with Crippen molar-refractivity contribution in [2.75, 3.05) is 24.8 Å². The van der Waals surface area contributed by atoms with E-state index in [1.54, 1.807) is 11.3 Å². The molecule has 3 aromatic rings. The highest BCUT2D eigenvalue weighted by Gasteiger charge is 2.38. The minimum absolute atomic E-state index is 0.298. The molecule has 3 heterocycles. The predicted molar refractivity (Wildman–Crippen MR) is 131 cm³/mol. The first kappa shape index (κ1) is 25.8.